The smallest absolute Gasteiger partial charge is 0.271 e. The molecule has 27 heavy (non-hydrogen) atoms. The van der Waals surface area contributed by atoms with Crippen LogP contribution < -0.4 is 5.32 Å². The molecule has 0 radical (unpaired) electrons. The van der Waals surface area contributed by atoms with Crippen LogP contribution in [0.5, 0.6) is 0 Å². The first-order valence-corrected chi connectivity index (χ1v) is 9.84. The van der Waals surface area contributed by atoms with Crippen molar-refractivity contribution in [2.45, 2.75) is 38.5 Å². The standard InChI is InChI=1S/C19H24N6O2/c26-17(15-11-25-12-22-23-16(25)9-20-15)21-8-13-2-5-24(10-13)18(27)14-6-19(7-14)3-1-4-19/h9,11-14H,1-8,10H2,(H,21,26)/t13-/m0/s1. The summed E-state index contributed by atoms with van der Waals surface area (Å²) in [5.74, 6) is 0.690. The van der Waals surface area contributed by atoms with E-state index in [9.17, 15) is 9.59 Å². The van der Waals surface area contributed by atoms with Gasteiger partial charge in [0.1, 0.15) is 12.0 Å². The zero-order valence-corrected chi connectivity index (χ0v) is 15.3. The van der Waals surface area contributed by atoms with E-state index in [1.807, 2.05) is 4.90 Å². The van der Waals surface area contributed by atoms with E-state index in [1.165, 1.54) is 25.5 Å². The second kappa shape index (κ2) is 6.28. The average molecular weight is 368 g/mol. The maximum absolute atomic E-state index is 12.7. The largest absolute Gasteiger partial charge is 0.350 e. The maximum atomic E-state index is 12.7. The van der Waals surface area contributed by atoms with Gasteiger partial charge in [-0.3, -0.25) is 14.0 Å². The number of hydrogen-bond acceptors (Lipinski definition) is 5. The van der Waals surface area contributed by atoms with Gasteiger partial charge in [0.25, 0.3) is 5.91 Å². The molecule has 1 atom stereocenters. The van der Waals surface area contributed by atoms with E-state index in [0.717, 1.165) is 32.4 Å². The number of carbonyl (C=O) groups excluding carboxylic acids is 2. The van der Waals surface area contributed by atoms with Gasteiger partial charge in [0, 0.05) is 31.7 Å². The fraction of sp³-hybridized carbons (Fsp3) is 0.632. The Morgan fingerprint density at radius 2 is 2.15 bits per heavy atom. The normalized spacial score (nSPS) is 24.0. The van der Waals surface area contributed by atoms with Crippen LogP contribution in [-0.2, 0) is 4.79 Å². The Morgan fingerprint density at radius 1 is 1.30 bits per heavy atom. The van der Waals surface area contributed by atoms with Gasteiger partial charge in [-0.05, 0) is 43.4 Å². The van der Waals surface area contributed by atoms with Crippen LogP contribution in [-0.4, -0.2) is 55.9 Å². The molecule has 2 saturated carbocycles. The summed E-state index contributed by atoms with van der Waals surface area (Å²) in [6, 6.07) is 0. The summed E-state index contributed by atoms with van der Waals surface area (Å²) >= 11 is 0. The number of fused-ring (bicyclic) bond motifs is 1. The van der Waals surface area contributed by atoms with Crippen molar-refractivity contribution in [3.05, 3.63) is 24.4 Å². The summed E-state index contributed by atoms with van der Waals surface area (Å²) in [5, 5.41) is 10.6. The Bertz CT molecular complexity index is 881. The zero-order valence-electron chi connectivity index (χ0n) is 15.3. The molecule has 8 nitrogen and oxygen atoms in total. The van der Waals surface area contributed by atoms with Gasteiger partial charge in [-0.15, -0.1) is 10.2 Å². The molecule has 1 aliphatic heterocycles. The number of aromatic nitrogens is 4. The summed E-state index contributed by atoms with van der Waals surface area (Å²) in [5.41, 5.74) is 1.48. The average Bonchev–Trinajstić information content (AvgIpc) is 3.25. The molecule has 0 bridgehead atoms. The minimum Gasteiger partial charge on any atom is -0.350 e. The van der Waals surface area contributed by atoms with Crippen LogP contribution in [0, 0.1) is 17.3 Å². The highest BCUT2D eigenvalue weighted by atomic mass is 16.2. The molecule has 3 aliphatic rings. The molecule has 0 aromatic carbocycles. The van der Waals surface area contributed by atoms with Crippen LogP contribution in [0.1, 0.15) is 49.0 Å². The van der Waals surface area contributed by atoms with Crippen molar-refractivity contribution >= 4 is 17.5 Å². The molecule has 5 rings (SSSR count). The molecule has 2 amide bonds. The van der Waals surface area contributed by atoms with E-state index < -0.39 is 0 Å². The molecule has 3 fully saturated rings. The van der Waals surface area contributed by atoms with Gasteiger partial charge < -0.3 is 10.2 Å². The second-order valence-corrected chi connectivity index (χ2v) is 8.48. The predicted octanol–water partition coefficient (Wildman–Crippen LogP) is 1.28. The van der Waals surface area contributed by atoms with Gasteiger partial charge in [-0.25, -0.2) is 4.98 Å². The van der Waals surface area contributed by atoms with Crippen LogP contribution >= 0.6 is 0 Å². The SMILES string of the molecule is O=C(NC[C@@H]1CCN(C(=O)C2CC3(CCC3)C2)C1)c1cn2cnnc2cn1. The van der Waals surface area contributed by atoms with Crippen molar-refractivity contribution in [3.8, 4) is 0 Å². The van der Waals surface area contributed by atoms with E-state index in [2.05, 4.69) is 20.5 Å². The lowest BCUT2D eigenvalue weighted by molar-refractivity contribution is -0.146. The molecule has 2 aliphatic carbocycles. The van der Waals surface area contributed by atoms with Gasteiger partial charge >= 0.3 is 0 Å². The Balaban J connectivity index is 1.11. The number of rotatable bonds is 4. The molecule has 8 heteroatoms. The van der Waals surface area contributed by atoms with Crippen LogP contribution in [0.4, 0.5) is 0 Å². The van der Waals surface area contributed by atoms with E-state index in [1.54, 1.807) is 16.9 Å². The van der Waals surface area contributed by atoms with E-state index in [0.29, 0.717) is 35.1 Å². The third-order valence-electron chi connectivity index (χ3n) is 6.68. The number of hydrogen-bond donors (Lipinski definition) is 1. The number of amides is 2. The highest BCUT2D eigenvalue weighted by molar-refractivity contribution is 5.92. The van der Waals surface area contributed by atoms with E-state index in [-0.39, 0.29) is 11.8 Å². The molecular formula is C19H24N6O2. The molecule has 1 N–H and O–H groups in total. The summed E-state index contributed by atoms with van der Waals surface area (Å²) in [4.78, 5) is 31.2. The highest BCUT2D eigenvalue weighted by Gasteiger charge is 2.51. The molecule has 2 aromatic rings. The second-order valence-electron chi connectivity index (χ2n) is 8.48. The van der Waals surface area contributed by atoms with Gasteiger partial charge in [0.15, 0.2) is 5.65 Å². The highest BCUT2D eigenvalue weighted by Crippen LogP contribution is 2.59. The lowest BCUT2D eigenvalue weighted by Gasteiger charge is -2.54. The Hall–Kier alpha value is -2.51. The van der Waals surface area contributed by atoms with E-state index in [4.69, 9.17) is 0 Å². The van der Waals surface area contributed by atoms with E-state index >= 15 is 0 Å². The summed E-state index contributed by atoms with van der Waals surface area (Å²) in [6.45, 7) is 2.13. The number of likely N-dealkylation sites (tertiary alicyclic amines) is 1. The van der Waals surface area contributed by atoms with Crippen LogP contribution in [0.15, 0.2) is 18.7 Å². The minimum absolute atomic E-state index is 0.207. The molecule has 142 valence electrons. The lowest BCUT2D eigenvalue weighted by atomic mass is 9.51. The minimum atomic E-state index is -0.207. The van der Waals surface area contributed by atoms with Crippen molar-refractivity contribution in [3.63, 3.8) is 0 Å². The van der Waals surface area contributed by atoms with Gasteiger partial charge in [-0.1, -0.05) is 6.42 Å². The molecule has 0 unspecified atom stereocenters. The van der Waals surface area contributed by atoms with Crippen molar-refractivity contribution in [2.24, 2.45) is 17.3 Å². The molecule has 2 aromatic heterocycles. The molecular weight excluding hydrogens is 344 g/mol. The van der Waals surface area contributed by atoms with Crippen molar-refractivity contribution in [1.29, 1.82) is 0 Å². The number of nitrogens with zero attached hydrogens (tertiary/aromatic N) is 5. The van der Waals surface area contributed by atoms with Gasteiger partial charge in [-0.2, -0.15) is 0 Å². The third-order valence-corrected chi connectivity index (χ3v) is 6.68. The fourth-order valence-corrected chi connectivity index (χ4v) is 4.88. The van der Waals surface area contributed by atoms with Crippen molar-refractivity contribution in [1.82, 2.24) is 29.8 Å². The summed E-state index contributed by atoms with van der Waals surface area (Å²) in [7, 11) is 0. The number of carbonyl (C=O) groups is 2. The Kier molecular flexibility index (Phi) is 3.87. The van der Waals surface area contributed by atoms with Gasteiger partial charge in [0.05, 0.1) is 6.20 Å². The fourth-order valence-electron chi connectivity index (χ4n) is 4.88. The quantitative estimate of drug-likeness (QED) is 0.878. The Morgan fingerprint density at radius 3 is 2.93 bits per heavy atom. The lowest BCUT2D eigenvalue weighted by Crippen LogP contribution is -2.49. The third kappa shape index (κ3) is 2.96. The first-order valence-electron chi connectivity index (χ1n) is 9.84. The molecule has 3 heterocycles. The maximum Gasteiger partial charge on any atom is 0.271 e. The van der Waals surface area contributed by atoms with Crippen molar-refractivity contribution < 1.29 is 9.59 Å². The molecule has 1 saturated heterocycles. The van der Waals surface area contributed by atoms with Gasteiger partial charge in [0.2, 0.25) is 5.91 Å². The van der Waals surface area contributed by atoms with Crippen LogP contribution in [0.3, 0.4) is 0 Å². The van der Waals surface area contributed by atoms with Crippen LogP contribution in [0.25, 0.3) is 5.65 Å². The monoisotopic (exact) mass is 368 g/mol. The topological polar surface area (TPSA) is 92.5 Å². The first kappa shape index (κ1) is 16.6. The summed E-state index contributed by atoms with van der Waals surface area (Å²) in [6.07, 6.45) is 11.8. The predicted molar refractivity (Wildman–Crippen MR) is 96.8 cm³/mol. The first-order chi connectivity index (χ1) is 13.1. The zero-order chi connectivity index (χ0) is 18.4. The summed E-state index contributed by atoms with van der Waals surface area (Å²) < 4.78 is 1.67. The number of nitrogens with one attached hydrogen (secondary N) is 1. The van der Waals surface area contributed by atoms with Crippen molar-refractivity contribution in [2.75, 3.05) is 19.6 Å². The van der Waals surface area contributed by atoms with Crippen LogP contribution in [0.2, 0.25) is 0 Å². The Labute approximate surface area is 157 Å². The molecule has 1 spiro atoms.